The van der Waals surface area contributed by atoms with Crippen molar-refractivity contribution in [1.82, 2.24) is 15.2 Å². The molecular formula is C17H25F3N4O2. The van der Waals surface area contributed by atoms with E-state index in [1.165, 1.54) is 12.3 Å². The standard InChI is InChI=1S/C17H25F3N4O2/c1-3-21-16(24(2)10-14-5-7-25-11-14)23-9-13-4-6-22-15(8-13)26-12-17(18,19)20/h4,6,8,14H,3,5,7,9-12H2,1-2H3,(H,21,23). The highest BCUT2D eigenvalue weighted by molar-refractivity contribution is 5.79. The molecule has 1 aromatic heterocycles. The van der Waals surface area contributed by atoms with E-state index >= 15 is 0 Å². The van der Waals surface area contributed by atoms with Crippen molar-refractivity contribution in [3.05, 3.63) is 23.9 Å². The van der Waals surface area contributed by atoms with E-state index in [1.54, 1.807) is 6.07 Å². The fraction of sp³-hybridized carbons (Fsp3) is 0.647. The molecule has 1 saturated heterocycles. The van der Waals surface area contributed by atoms with Gasteiger partial charge in [-0.05, 0) is 25.0 Å². The highest BCUT2D eigenvalue weighted by Crippen LogP contribution is 2.18. The zero-order valence-electron chi connectivity index (χ0n) is 15.1. The minimum absolute atomic E-state index is 0.0588. The summed E-state index contributed by atoms with van der Waals surface area (Å²) >= 11 is 0. The van der Waals surface area contributed by atoms with Crippen LogP contribution in [0.3, 0.4) is 0 Å². The van der Waals surface area contributed by atoms with Crippen molar-refractivity contribution in [1.29, 1.82) is 0 Å². The molecule has 0 saturated carbocycles. The molecule has 0 radical (unpaired) electrons. The van der Waals surface area contributed by atoms with Crippen LogP contribution in [0.1, 0.15) is 18.9 Å². The molecule has 1 N–H and O–H groups in total. The molecule has 0 bridgehead atoms. The normalized spacial score (nSPS) is 18.0. The molecule has 1 fully saturated rings. The van der Waals surface area contributed by atoms with Crippen molar-refractivity contribution in [2.75, 3.05) is 40.0 Å². The first-order valence-electron chi connectivity index (χ1n) is 8.59. The van der Waals surface area contributed by atoms with Gasteiger partial charge in [-0.25, -0.2) is 9.98 Å². The third-order valence-electron chi connectivity index (χ3n) is 3.85. The summed E-state index contributed by atoms with van der Waals surface area (Å²) in [6.07, 6.45) is -1.93. The number of hydrogen-bond acceptors (Lipinski definition) is 4. The van der Waals surface area contributed by atoms with Gasteiger partial charge >= 0.3 is 6.18 Å². The molecule has 1 atom stereocenters. The van der Waals surface area contributed by atoms with Gasteiger partial charge in [0.05, 0.1) is 13.2 Å². The Bertz CT molecular complexity index is 590. The lowest BCUT2D eigenvalue weighted by Gasteiger charge is -2.24. The molecule has 2 heterocycles. The summed E-state index contributed by atoms with van der Waals surface area (Å²) in [5, 5.41) is 3.23. The fourth-order valence-corrected chi connectivity index (χ4v) is 2.62. The van der Waals surface area contributed by atoms with Gasteiger partial charge in [0, 0.05) is 44.9 Å². The van der Waals surface area contributed by atoms with E-state index in [-0.39, 0.29) is 5.88 Å². The minimum atomic E-state index is -4.39. The monoisotopic (exact) mass is 374 g/mol. The van der Waals surface area contributed by atoms with Crippen molar-refractivity contribution >= 4 is 5.96 Å². The Morgan fingerprint density at radius 2 is 2.31 bits per heavy atom. The van der Waals surface area contributed by atoms with Gasteiger partial charge < -0.3 is 19.7 Å². The third kappa shape index (κ3) is 7.07. The minimum Gasteiger partial charge on any atom is -0.468 e. The van der Waals surface area contributed by atoms with E-state index in [0.717, 1.165) is 44.2 Å². The van der Waals surface area contributed by atoms with Crippen molar-refractivity contribution in [3.63, 3.8) is 0 Å². The van der Waals surface area contributed by atoms with E-state index < -0.39 is 12.8 Å². The summed E-state index contributed by atoms with van der Waals surface area (Å²) in [6.45, 7) is 4.05. The lowest BCUT2D eigenvalue weighted by atomic mass is 10.1. The van der Waals surface area contributed by atoms with Gasteiger partial charge in [-0.3, -0.25) is 0 Å². The average Bonchev–Trinajstić information content (AvgIpc) is 3.09. The first-order chi connectivity index (χ1) is 12.4. The highest BCUT2D eigenvalue weighted by Gasteiger charge is 2.28. The van der Waals surface area contributed by atoms with E-state index in [4.69, 9.17) is 4.74 Å². The smallest absolute Gasteiger partial charge is 0.422 e. The Hall–Kier alpha value is -2.03. The first kappa shape index (κ1) is 20.3. The molecular weight excluding hydrogens is 349 g/mol. The van der Waals surface area contributed by atoms with Gasteiger partial charge in [0.25, 0.3) is 0 Å². The third-order valence-corrected chi connectivity index (χ3v) is 3.85. The maximum Gasteiger partial charge on any atom is 0.422 e. The number of aliphatic imine (C=N–C) groups is 1. The lowest BCUT2D eigenvalue weighted by Crippen LogP contribution is -2.41. The quantitative estimate of drug-likeness (QED) is 0.587. The van der Waals surface area contributed by atoms with E-state index in [1.807, 2.05) is 18.9 Å². The van der Waals surface area contributed by atoms with Crippen molar-refractivity contribution in [2.24, 2.45) is 10.9 Å². The van der Waals surface area contributed by atoms with Crippen molar-refractivity contribution in [2.45, 2.75) is 26.1 Å². The van der Waals surface area contributed by atoms with Crippen LogP contribution in [0.25, 0.3) is 0 Å². The van der Waals surface area contributed by atoms with Gasteiger partial charge in [-0.2, -0.15) is 13.2 Å². The molecule has 9 heteroatoms. The summed E-state index contributed by atoms with van der Waals surface area (Å²) in [5.74, 6) is 1.16. The number of pyridine rings is 1. The van der Waals surface area contributed by atoms with Crippen LogP contribution in [0.5, 0.6) is 5.88 Å². The Labute approximate surface area is 151 Å². The Kier molecular flexibility index (Phi) is 7.50. The molecule has 1 aliphatic rings. The van der Waals surface area contributed by atoms with Crippen molar-refractivity contribution < 1.29 is 22.6 Å². The van der Waals surface area contributed by atoms with Gasteiger partial charge in [0.1, 0.15) is 0 Å². The molecule has 6 nitrogen and oxygen atoms in total. The summed E-state index contributed by atoms with van der Waals surface area (Å²) in [5.41, 5.74) is 0.727. The van der Waals surface area contributed by atoms with Gasteiger partial charge in [-0.1, -0.05) is 0 Å². The molecule has 0 spiro atoms. The van der Waals surface area contributed by atoms with Crippen LogP contribution >= 0.6 is 0 Å². The van der Waals surface area contributed by atoms with E-state index in [9.17, 15) is 13.2 Å². The molecule has 1 aromatic rings. The first-order valence-corrected chi connectivity index (χ1v) is 8.59. The van der Waals surface area contributed by atoms with Crippen LogP contribution in [0.4, 0.5) is 13.2 Å². The number of nitrogens with zero attached hydrogens (tertiary/aromatic N) is 3. The van der Waals surface area contributed by atoms with Crippen LogP contribution in [0.15, 0.2) is 23.3 Å². The second-order valence-electron chi connectivity index (χ2n) is 6.19. The number of aromatic nitrogens is 1. The average molecular weight is 374 g/mol. The fourth-order valence-electron chi connectivity index (χ4n) is 2.62. The molecule has 0 amide bonds. The van der Waals surface area contributed by atoms with E-state index in [2.05, 4.69) is 20.0 Å². The molecule has 1 aliphatic heterocycles. The van der Waals surface area contributed by atoms with Gasteiger partial charge in [0.15, 0.2) is 12.6 Å². The maximum atomic E-state index is 12.2. The Balaban J connectivity index is 1.97. The summed E-state index contributed by atoms with van der Waals surface area (Å²) in [6, 6.07) is 3.18. The SMILES string of the molecule is CCNC(=NCc1ccnc(OCC(F)(F)F)c1)N(C)CC1CCOC1. The Morgan fingerprint density at radius 1 is 1.50 bits per heavy atom. The van der Waals surface area contributed by atoms with Gasteiger partial charge in [0.2, 0.25) is 5.88 Å². The van der Waals surface area contributed by atoms with Crippen LogP contribution in [-0.2, 0) is 11.3 Å². The molecule has 1 unspecified atom stereocenters. The highest BCUT2D eigenvalue weighted by atomic mass is 19.4. The molecule has 26 heavy (non-hydrogen) atoms. The lowest BCUT2D eigenvalue weighted by molar-refractivity contribution is -0.154. The molecule has 2 rings (SSSR count). The zero-order chi connectivity index (χ0) is 19.0. The topological polar surface area (TPSA) is 59.0 Å². The van der Waals surface area contributed by atoms with Crippen LogP contribution < -0.4 is 10.1 Å². The van der Waals surface area contributed by atoms with Crippen LogP contribution in [0.2, 0.25) is 0 Å². The number of halogens is 3. The maximum absolute atomic E-state index is 12.2. The molecule has 0 aromatic carbocycles. The number of nitrogens with one attached hydrogen (secondary N) is 1. The summed E-state index contributed by atoms with van der Waals surface area (Å²) in [4.78, 5) is 10.4. The zero-order valence-corrected chi connectivity index (χ0v) is 15.1. The number of guanidine groups is 1. The summed E-state index contributed by atoms with van der Waals surface area (Å²) < 4.78 is 46.8. The van der Waals surface area contributed by atoms with Crippen LogP contribution in [-0.4, -0.2) is 62.0 Å². The number of alkyl halides is 3. The predicted molar refractivity (Wildman–Crippen MR) is 92.2 cm³/mol. The number of hydrogen-bond donors (Lipinski definition) is 1. The Morgan fingerprint density at radius 3 is 2.96 bits per heavy atom. The largest absolute Gasteiger partial charge is 0.468 e. The summed E-state index contributed by atoms with van der Waals surface area (Å²) in [7, 11) is 1.96. The molecule has 0 aliphatic carbocycles. The predicted octanol–water partition coefficient (Wildman–Crippen LogP) is 2.46. The van der Waals surface area contributed by atoms with Gasteiger partial charge in [-0.15, -0.1) is 0 Å². The second-order valence-corrected chi connectivity index (χ2v) is 6.19. The van der Waals surface area contributed by atoms with Crippen LogP contribution in [0, 0.1) is 5.92 Å². The van der Waals surface area contributed by atoms with E-state index in [0.29, 0.717) is 12.5 Å². The molecule has 146 valence electrons. The number of ether oxygens (including phenoxy) is 2. The van der Waals surface area contributed by atoms with Crippen molar-refractivity contribution in [3.8, 4) is 5.88 Å². The second kappa shape index (κ2) is 9.61. The number of rotatable bonds is 7.